The number of nitrogens with zero attached hydrogens (tertiary/aromatic N) is 3. The molecule has 0 saturated heterocycles. The summed E-state index contributed by atoms with van der Waals surface area (Å²) in [4.78, 5) is 14.5. The summed E-state index contributed by atoms with van der Waals surface area (Å²) in [5.41, 5.74) is 0.799. The van der Waals surface area contributed by atoms with Crippen LogP contribution in [0.2, 0.25) is 0 Å². The summed E-state index contributed by atoms with van der Waals surface area (Å²) < 4.78 is 3.83. The summed E-state index contributed by atoms with van der Waals surface area (Å²) in [7, 11) is 1.82. The van der Waals surface area contributed by atoms with E-state index in [0.717, 1.165) is 37.9 Å². The molecule has 0 aliphatic rings. The fraction of sp³-hybridized carbons (Fsp3) is 0.727. The second kappa shape index (κ2) is 7.61. The fourth-order valence-electron chi connectivity index (χ4n) is 1.50. The molecule has 0 radical (unpaired) electrons. The van der Waals surface area contributed by atoms with Gasteiger partial charge in [-0.15, -0.1) is 16.7 Å². The molecule has 0 N–H and O–H groups in total. The third-order valence-corrected chi connectivity index (χ3v) is 3.58. The number of amides is 1. The van der Waals surface area contributed by atoms with Gasteiger partial charge in [-0.25, -0.2) is 0 Å². The Bertz CT molecular complexity index is 356. The van der Waals surface area contributed by atoms with E-state index in [0.29, 0.717) is 10.8 Å². The third-order valence-electron chi connectivity index (χ3n) is 2.56. The molecule has 0 bridgehead atoms. The Morgan fingerprint density at radius 3 is 2.82 bits per heavy atom. The van der Waals surface area contributed by atoms with Crippen LogP contribution in [0.3, 0.4) is 0 Å². The Hall–Kier alpha value is -0.680. The minimum absolute atomic E-state index is 0.0303. The lowest BCUT2D eigenvalue weighted by Crippen LogP contribution is -2.27. The number of alkyl halides is 1. The topological polar surface area (TPSA) is 46.1 Å². The maximum atomic E-state index is 12.1. The molecule has 1 aromatic rings. The SMILES string of the molecule is CCc1nnsc1C(=O)N(C)CCCCCCl. The Morgan fingerprint density at radius 2 is 2.18 bits per heavy atom. The maximum absolute atomic E-state index is 12.1. The number of hydrogen-bond acceptors (Lipinski definition) is 4. The second-order valence-corrected chi connectivity index (χ2v) is 5.01. The van der Waals surface area contributed by atoms with E-state index in [-0.39, 0.29) is 5.91 Å². The highest BCUT2D eigenvalue weighted by Gasteiger charge is 2.18. The van der Waals surface area contributed by atoms with Crippen molar-refractivity contribution in [3.05, 3.63) is 10.6 Å². The Morgan fingerprint density at radius 1 is 1.41 bits per heavy atom. The zero-order chi connectivity index (χ0) is 12.7. The van der Waals surface area contributed by atoms with Gasteiger partial charge in [-0.2, -0.15) is 0 Å². The molecule has 0 unspecified atom stereocenters. The lowest BCUT2D eigenvalue weighted by Gasteiger charge is -2.16. The molecule has 1 rings (SSSR count). The third kappa shape index (κ3) is 4.24. The number of carbonyl (C=O) groups is 1. The van der Waals surface area contributed by atoms with E-state index in [1.165, 1.54) is 11.5 Å². The van der Waals surface area contributed by atoms with E-state index in [1.807, 2.05) is 14.0 Å². The van der Waals surface area contributed by atoms with Crippen LogP contribution in [0.5, 0.6) is 0 Å². The number of rotatable bonds is 7. The summed E-state index contributed by atoms with van der Waals surface area (Å²) >= 11 is 6.79. The van der Waals surface area contributed by atoms with Crippen molar-refractivity contribution in [1.82, 2.24) is 14.5 Å². The molecular weight excluding hydrogens is 258 g/mol. The van der Waals surface area contributed by atoms with Gasteiger partial charge in [-0.3, -0.25) is 4.79 Å². The minimum Gasteiger partial charge on any atom is -0.341 e. The zero-order valence-electron chi connectivity index (χ0n) is 10.3. The molecule has 17 heavy (non-hydrogen) atoms. The van der Waals surface area contributed by atoms with E-state index in [9.17, 15) is 4.79 Å². The average Bonchev–Trinajstić information content (AvgIpc) is 2.81. The van der Waals surface area contributed by atoms with Gasteiger partial charge in [0.25, 0.3) is 5.91 Å². The first-order chi connectivity index (χ1) is 8.20. The number of hydrogen-bond donors (Lipinski definition) is 0. The average molecular weight is 276 g/mol. The monoisotopic (exact) mass is 275 g/mol. The van der Waals surface area contributed by atoms with Crippen molar-refractivity contribution in [3.8, 4) is 0 Å². The van der Waals surface area contributed by atoms with Gasteiger partial charge in [0.05, 0.1) is 5.69 Å². The molecule has 1 aromatic heterocycles. The van der Waals surface area contributed by atoms with Gasteiger partial charge in [-0.05, 0) is 30.8 Å². The van der Waals surface area contributed by atoms with Gasteiger partial charge >= 0.3 is 0 Å². The standard InChI is InChI=1S/C11H18ClN3OS/c1-3-9-10(17-14-13-9)11(16)15(2)8-6-4-5-7-12/h3-8H2,1-2H3. The highest BCUT2D eigenvalue weighted by atomic mass is 35.5. The van der Waals surface area contributed by atoms with Crippen molar-refractivity contribution in [2.45, 2.75) is 32.6 Å². The number of aromatic nitrogens is 2. The fourth-order valence-corrected chi connectivity index (χ4v) is 2.43. The number of carbonyl (C=O) groups excluding carboxylic acids is 1. The minimum atomic E-state index is 0.0303. The van der Waals surface area contributed by atoms with Crippen LogP contribution in [-0.2, 0) is 6.42 Å². The number of unbranched alkanes of at least 4 members (excludes halogenated alkanes) is 2. The van der Waals surface area contributed by atoms with Crippen molar-refractivity contribution in [2.75, 3.05) is 19.5 Å². The molecule has 0 aliphatic heterocycles. The lowest BCUT2D eigenvalue weighted by atomic mass is 10.2. The molecule has 0 fully saturated rings. The van der Waals surface area contributed by atoms with Crippen molar-refractivity contribution >= 4 is 29.0 Å². The van der Waals surface area contributed by atoms with Crippen LogP contribution >= 0.6 is 23.1 Å². The van der Waals surface area contributed by atoms with Gasteiger partial charge < -0.3 is 4.90 Å². The highest BCUT2D eigenvalue weighted by Crippen LogP contribution is 2.14. The van der Waals surface area contributed by atoms with Crippen LogP contribution in [0.15, 0.2) is 0 Å². The maximum Gasteiger partial charge on any atom is 0.267 e. The number of halogens is 1. The first kappa shape index (κ1) is 14.4. The van der Waals surface area contributed by atoms with Crippen molar-refractivity contribution in [3.63, 3.8) is 0 Å². The summed E-state index contributed by atoms with van der Waals surface area (Å²) in [5.74, 6) is 0.721. The quantitative estimate of drug-likeness (QED) is 0.568. The van der Waals surface area contributed by atoms with E-state index in [2.05, 4.69) is 9.59 Å². The first-order valence-electron chi connectivity index (χ1n) is 5.83. The van der Waals surface area contributed by atoms with Gasteiger partial charge in [0.1, 0.15) is 4.88 Å². The summed E-state index contributed by atoms with van der Waals surface area (Å²) in [6, 6.07) is 0. The molecule has 96 valence electrons. The van der Waals surface area contributed by atoms with Gasteiger partial charge in [0.15, 0.2) is 0 Å². The Balaban J connectivity index is 2.46. The van der Waals surface area contributed by atoms with Crippen LogP contribution < -0.4 is 0 Å². The molecule has 0 aliphatic carbocycles. The van der Waals surface area contributed by atoms with E-state index >= 15 is 0 Å². The molecule has 0 saturated carbocycles. The summed E-state index contributed by atoms with van der Waals surface area (Å²) in [6.45, 7) is 2.74. The largest absolute Gasteiger partial charge is 0.341 e. The van der Waals surface area contributed by atoms with Gasteiger partial charge in [-0.1, -0.05) is 17.8 Å². The highest BCUT2D eigenvalue weighted by molar-refractivity contribution is 7.07. The predicted octanol–water partition coefficient (Wildman–Crippen LogP) is 2.58. The van der Waals surface area contributed by atoms with E-state index in [4.69, 9.17) is 11.6 Å². The predicted molar refractivity (Wildman–Crippen MR) is 70.8 cm³/mol. The molecule has 1 heterocycles. The van der Waals surface area contributed by atoms with Crippen LogP contribution in [0.4, 0.5) is 0 Å². The Labute approximate surface area is 111 Å². The molecule has 0 aromatic carbocycles. The summed E-state index contributed by atoms with van der Waals surface area (Å²) in [5, 5.41) is 3.95. The molecule has 0 atom stereocenters. The lowest BCUT2D eigenvalue weighted by molar-refractivity contribution is 0.0796. The smallest absolute Gasteiger partial charge is 0.267 e. The van der Waals surface area contributed by atoms with Crippen molar-refractivity contribution in [1.29, 1.82) is 0 Å². The summed E-state index contributed by atoms with van der Waals surface area (Å²) in [6.07, 6.45) is 3.80. The van der Waals surface area contributed by atoms with Crippen LogP contribution in [-0.4, -0.2) is 39.9 Å². The number of aryl methyl sites for hydroxylation is 1. The van der Waals surface area contributed by atoms with Gasteiger partial charge in [0.2, 0.25) is 0 Å². The molecule has 0 spiro atoms. The normalized spacial score (nSPS) is 10.5. The first-order valence-corrected chi connectivity index (χ1v) is 7.14. The molecule has 1 amide bonds. The molecule has 4 nitrogen and oxygen atoms in total. The van der Waals surface area contributed by atoms with Crippen LogP contribution in [0.25, 0.3) is 0 Å². The van der Waals surface area contributed by atoms with Crippen LogP contribution in [0, 0.1) is 0 Å². The van der Waals surface area contributed by atoms with E-state index in [1.54, 1.807) is 4.90 Å². The molecule has 6 heteroatoms. The molecular formula is C11H18ClN3OS. The van der Waals surface area contributed by atoms with Crippen LogP contribution in [0.1, 0.15) is 41.6 Å². The Kier molecular flexibility index (Phi) is 6.44. The van der Waals surface area contributed by atoms with E-state index < -0.39 is 0 Å². The zero-order valence-corrected chi connectivity index (χ0v) is 11.9. The second-order valence-electron chi connectivity index (χ2n) is 3.88. The van der Waals surface area contributed by atoms with Crippen molar-refractivity contribution < 1.29 is 4.79 Å². The van der Waals surface area contributed by atoms with Gasteiger partial charge in [0, 0.05) is 19.5 Å². The van der Waals surface area contributed by atoms with Crippen molar-refractivity contribution in [2.24, 2.45) is 0 Å².